The SMILES string of the molecule is CCC1CC(CC(C)O)OC(c2ccc(C(C)(C)C)cc2)O1. The predicted octanol–water partition coefficient (Wildman–Crippen LogP) is 4.34. The molecule has 3 heteroatoms. The summed E-state index contributed by atoms with van der Waals surface area (Å²) >= 11 is 0. The molecule has 0 aliphatic carbocycles. The lowest BCUT2D eigenvalue weighted by Gasteiger charge is -2.36. The Morgan fingerprint density at radius 3 is 2.23 bits per heavy atom. The normalized spacial score (nSPS) is 27.6. The van der Waals surface area contributed by atoms with E-state index in [-0.39, 0.29) is 30.0 Å². The minimum Gasteiger partial charge on any atom is -0.393 e. The van der Waals surface area contributed by atoms with Gasteiger partial charge in [-0.2, -0.15) is 0 Å². The van der Waals surface area contributed by atoms with Gasteiger partial charge in [0, 0.05) is 12.0 Å². The predicted molar refractivity (Wildman–Crippen MR) is 88.8 cm³/mol. The average Bonchev–Trinajstić information content (AvgIpc) is 2.45. The van der Waals surface area contributed by atoms with Gasteiger partial charge in [-0.25, -0.2) is 0 Å². The number of rotatable bonds is 4. The fourth-order valence-electron chi connectivity index (χ4n) is 2.88. The molecule has 0 amide bonds. The van der Waals surface area contributed by atoms with Crippen molar-refractivity contribution < 1.29 is 14.6 Å². The third-order valence-corrected chi connectivity index (χ3v) is 4.27. The molecule has 3 nitrogen and oxygen atoms in total. The molecule has 1 fully saturated rings. The zero-order chi connectivity index (χ0) is 16.3. The van der Waals surface area contributed by atoms with Gasteiger partial charge in [0.25, 0.3) is 0 Å². The van der Waals surface area contributed by atoms with Crippen molar-refractivity contribution in [2.45, 2.75) is 83.9 Å². The number of ether oxygens (including phenoxy) is 2. The second-order valence-corrected chi connectivity index (χ2v) is 7.45. The Hall–Kier alpha value is -0.900. The summed E-state index contributed by atoms with van der Waals surface area (Å²) < 4.78 is 12.1. The van der Waals surface area contributed by atoms with Crippen LogP contribution in [0.5, 0.6) is 0 Å². The van der Waals surface area contributed by atoms with Gasteiger partial charge in [-0.15, -0.1) is 0 Å². The van der Waals surface area contributed by atoms with Gasteiger partial charge in [-0.1, -0.05) is 52.0 Å². The summed E-state index contributed by atoms with van der Waals surface area (Å²) in [5.41, 5.74) is 2.51. The van der Waals surface area contributed by atoms with Crippen LogP contribution >= 0.6 is 0 Å². The van der Waals surface area contributed by atoms with E-state index in [4.69, 9.17) is 9.47 Å². The van der Waals surface area contributed by atoms with Gasteiger partial charge < -0.3 is 14.6 Å². The number of aliphatic hydroxyl groups is 1. The van der Waals surface area contributed by atoms with E-state index in [9.17, 15) is 5.11 Å². The Kier molecular flexibility index (Phi) is 5.65. The highest BCUT2D eigenvalue weighted by molar-refractivity contribution is 5.28. The molecule has 1 aliphatic heterocycles. The van der Waals surface area contributed by atoms with Crippen LogP contribution in [0, 0.1) is 0 Å². The molecule has 0 radical (unpaired) electrons. The van der Waals surface area contributed by atoms with Crippen molar-refractivity contribution in [3.8, 4) is 0 Å². The Balaban J connectivity index is 2.12. The maximum Gasteiger partial charge on any atom is 0.184 e. The van der Waals surface area contributed by atoms with Crippen LogP contribution in [0.1, 0.15) is 71.3 Å². The zero-order valence-electron chi connectivity index (χ0n) is 14.5. The summed E-state index contributed by atoms with van der Waals surface area (Å²) in [6, 6.07) is 8.51. The lowest BCUT2D eigenvalue weighted by Crippen LogP contribution is -2.35. The van der Waals surface area contributed by atoms with Crippen molar-refractivity contribution in [1.82, 2.24) is 0 Å². The van der Waals surface area contributed by atoms with Crippen LogP contribution in [-0.2, 0) is 14.9 Å². The smallest absolute Gasteiger partial charge is 0.184 e. The van der Waals surface area contributed by atoms with Crippen LogP contribution in [0.4, 0.5) is 0 Å². The largest absolute Gasteiger partial charge is 0.393 e. The lowest BCUT2D eigenvalue weighted by molar-refractivity contribution is -0.252. The van der Waals surface area contributed by atoms with E-state index in [1.54, 1.807) is 0 Å². The molecule has 2 rings (SSSR count). The van der Waals surface area contributed by atoms with Gasteiger partial charge in [0.2, 0.25) is 0 Å². The molecule has 1 aromatic rings. The third-order valence-electron chi connectivity index (χ3n) is 4.27. The van der Waals surface area contributed by atoms with Gasteiger partial charge in [0.1, 0.15) is 0 Å². The van der Waals surface area contributed by atoms with Crippen molar-refractivity contribution in [2.24, 2.45) is 0 Å². The van der Waals surface area contributed by atoms with Gasteiger partial charge >= 0.3 is 0 Å². The van der Waals surface area contributed by atoms with E-state index in [0.29, 0.717) is 6.42 Å². The second-order valence-electron chi connectivity index (χ2n) is 7.45. The van der Waals surface area contributed by atoms with E-state index < -0.39 is 0 Å². The fraction of sp³-hybridized carbons (Fsp3) is 0.684. The van der Waals surface area contributed by atoms with Crippen LogP contribution in [0.25, 0.3) is 0 Å². The molecule has 0 bridgehead atoms. The summed E-state index contributed by atoms with van der Waals surface area (Å²) in [7, 11) is 0. The van der Waals surface area contributed by atoms with Gasteiger partial charge in [-0.05, 0) is 30.7 Å². The molecule has 4 unspecified atom stereocenters. The molecule has 1 N–H and O–H groups in total. The number of aliphatic hydroxyl groups excluding tert-OH is 1. The number of benzene rings is 1. The Bertz CT molecular complexity index is 459. The molecule has 0 aromatic heterocycles. The van der Waals surface area contributed by atoms with E-state index >= 15 is 0 Å². The van der Waals surface area contributed by atoms with Crippen molar-refractivity contribution in [2.75, 3.05) is 0 Å². The van der Waals surface area contributed by atoms with Crippen molar-refractivity contribution in [3.05, 3.63) is 35.4 Å². The second kappa shape index (κ2) is 7.12. The maximum atomic E-state index is 9.63. The molecule has 22 heavy (non-hydrogen) atoms. The van der Waals surface area contributed by atoms with E-state index in [0.717, 1.165) is 18.4 Å². The highest BCUT2D eigenvalue weighted by Crippen LogP contribution is 2.33. The van der Waals surface area contributed by atoms with Crippen molar-refractivity contribution in [1.29, 1.82) is 0 Å². The molecule has 1 aromatic carbocycles. The quantitative estimate of drug-likeness (QED) is 0.899. The summed E-state index contributed by atoms with van der Waals surface area (Å²) in [4.78, 5) is 0. The first-order valence-electron chi connectivity index (χ1n) is 8.39. The molecular formula is C19H30O3. The van der Waals surface area contributed by atoms with Crippen molar-refractivity contribution >= 4 is 0 Å². The first kappa shape index (κ1) is 17.5. The highest BCUT2D eigenvalue weighted by Gasteiger charge is 2.31. The van der Waals surface area contributed by atoms with Crippen LogP contribution in [0.15, 0.2) is 24.3 Å². The van der Waals surface area contributed by atoms with E-state index in [2.05, 4.69) is 52.0 Å². The van der Waals surface area contributed by atoms with Crippen LogP contribution in [0.2, 0.25) is 0 Å². The van der Waals surface area contributed by atoms with Gasteiger partial charge in [-0.3, -0.25) is 0 Å². The molecule has 1 saturated heterocycles. The Morgan fingerprint density at radius 1 is 1.14 bits per heavy atom. The van der Waals surface area contributed by atoms with E-state index in [1.807, 2.05) is 6.92 Å². The van der Waals surface area contributed by atoms with E-state index in [1.165, 1.54) is 5.56 Å². The minimum atomic E-state index is -0.343. The zero-order valence-corrected chi connectivity index (χ0v) is 14.5. The highest BCUT2D eigenvalue weighted by atomic mass is 16.7. The Labute approximate surface area is 134 Å². The monoisotopic (exact) mass is 306 g/mol. The van der Waals surface area contributed by atoms with Gasteiger partial charge in [0.15, 0.2) is 6.29 Å². The third kappa shape index (κ3) is 4.55. The van der Waals surface area contributed by atoms with Crippen LogP contribution in [0.3, 0.4) is 0 Å². The average molecular weight is 306 g/mol. The molecule has 4 atom stereocenters. The number of hydrogen-bond donors (Lipinski definition) is 1. The number of hydrogen-bond acceptors (Lipinski definition) is 3. The summed E-state index contributed by atoms with van der Waals surface area (Å²) in [5.74, 6) is 0. The Morgan fingerprint density at radius 2 is 1.73 bits per heavy atom. The first-order chi connectivity index (χ1) is 10.3. The molecular weight excluding hydrogens is 276 g/mol. The summed E-state index contributed by atoms with van der Waals surface area (Å²) in [6.45, 7) is 10.6. The topological polar surface area (TPSA) is 38.7 Å². The lowest BCUT2D eigenvalue weighted by atomic mass is 9.86. The molecule has 1 aliphatic rings. The molecule has 0 saturated carbocycles. The standard InChI is InChI=1S/C19H30O3/c1-6-16-12-17(11-13(2)20)22-18(21-16)14-7-9-15(10-8-14)19(3,4)5/h7-10,13,16-18,20H,6,11-12H2,1-5H3. The molecule has 1 heterocycles. The molecule has 0 spiro atoms. The maximum absolute atomic E-state index is 9.63. The van der Waals surface area contributed by atoms with Crippen LogP contribution in [-0.4, -0.2) is 23.4 Å². The fourth-order valence-corrected chi connectivity index (χ4v) is 2.88. The first-order valence-corrected chi connectivity index (χ1v) is 8.39. The van der Waals surface area contributed by atoms with Gasteiger partial charge in [0.05, 0.1) is 18.3 Å². The summed E-state index contributed by atoms with van der Waals surface area (Å²) in [5, 5.41) is 9.63. The summed E-state index contributed by atoms with van der Waals surface area (Å²) in [6.07, 6.45) is 2.08. The van der Waals surface area contributed by atoms with Crippen LogP contribution < -0.4 is 0 Å². The minimum absolute atomic E-state index is 0.0611. The molecule has 124 valence electrons. The van der Waals surface area contributed by atoms with Crippen molar-refractivity contribution in [3.63, 3.8) is 0 Å².